The van der Waals surface area contributed by atoms with E-state index in [1.165, 1.54) is 11.6 Å². The van der Waals surface area contributed by atoms with Crippen LogP contribution in [0.5, 0.6) is 0 Å². The highest BCUT2D eigenvalue weighted by Gasteiger charge is 2.22. The molecule has 1 aliphatic rings. The number of halogens is 1. The van der Waals surface area contributed by atoms with E-state index in [4.69, 9.17) is 5.10 Å². The van der Waals surface area contributed by atoms with Crippen LogP contribution in [0.4, 0.5) is 10.2 Å². The van der Waals surface area contributed by atoms with Crippen molar-refractivity contribution in [1.82, 2.24) is 24.8 Å². The minimum atomic E-state index is -0.176. The van der Waals surface area contributed by atoms with Gasteiger partial charge in [-0.2, -0.15) is 4.52 Å². The van der Waals surface area contributed by atoms with Crippen molar-refractivity contribution < 1.29 is 4.39 Å². The molecule has 146 valence electrons. The standard InChI is InChI=1S/C22H21FN6/c1-14-15(2)22(27-29-13-25-26-21(14)29)28-8-7-20-18(12-28)10-16(11-24-20)9-17-5-3-4-6-19(17)23/h3-6,10-11,13H,7-9,12H2,1-2H3. The first kappa shape index (κ1) is 17.7. The third-order valence-corrected chi connectivity index (χ3v) is 5.71. The van der Waals surface area contributed by atoms with Gasteiger partial charge in [0.05, 0.1) is 0 Å². The van der Waals surface area contributed by atoms with E-state index in [0.29, 0.717) is 12.0 Å². The molecule has 0 saturated heterocycles. The van der Waals surface area contributed by atoms with Crippen molar-refractivity contribution in [2.45, 2.75) is 33.2 Å². The smallest absolute Gasteiger partial charge is 0.180 e. The van der Waals surface area contributed by atoms with Gasteiger partial charge in [0.1, 0.15) is 12.1 Å². The molecule has 0 bridgehead atoms. The molecule has 6 nitrogen and oxygen atoms in total. The van der Waals surface area contributed by atoms with Crippen LogP contribution >= 0.6 is 0 Å². The second-order valence-corrected chi connectivity index (χ2v) is 7.56. The van der Waals surface area contributed by atoms with Crippen LogP contribution in [-0.4, -0.2) is 31.3 Å². The first-order chi connectivity index (χ1) is 14.1. The number of hydrogen-bond acceptors (Lipinski definition) is 5. The Labute approximate surface area is 168 Å². The largest absolute Gasteiger partial charge is 0.350 e. The molecule has 0 unspecified atom stereocenters. The molecule has 0 N–H and O–H groups in total. The lowest BCUT2D eigenvalue weighted by atomic mass is 9.99. The van der Waals surface area contributed by atoms with Gasteiger partial charge in [-0.25, -0.2) is 4.39 Å². The number of pyridine rings is 1. The molecular formula is C22H21FN6. The zero-order chi connectivity index (χ0) is 20.0. The molecule has 5 rings (SSSR count). The number of aryl methyl sites for hydroxylation is 1. The van der Waals surface area contributed by atoms with Gasteiger partial charge < -0.3 is 4.90 Å². The van der Waals surface area contributed by atoms with E-state index in [1.807, 2.05) is 18.3 Å². The van der Waals surface area contributed by atoms with Crippen LogP contribution in [-0.2, 0) is 19.4 Å². The molecule has 1 aromatic carbocycles. The van der Waals surface area contributed by atoms with Gasteiger partial charge in [-0.1, -0.05) is 24.3 Å². The summed E-state index contributed by atoms with van der Waals surface area (Å²) in [7, 11) is 0. The molecule has 0 amide bonds. The average molecular weight is 388 g/mol. The summed E-state index contributed by atoms with van der Waals surface area (Å²) in [5.74, 6) is 0.768. The lowest BCUT2D eigenvalue weighted by molar-refractivity contribution is 0.613. The number of rotatable bonds is 3. The van der Waals surface area contributed by atoms with E-state index in [0.717, 1.165) is 53.4 Å². The van der Waals surface area contributed by atoms with Crippen molar-refractivity contribution in [2.24, 2.45) is 0 Å². The van der Waals surface area contributed by atoms with Gasteiger partial charge in [0, 0.05) is 48.9 Å². The third-order valence-electron chi connectivity index (χ3n) is 5.71. The molecule has 4 aromatic rings. The van der Waals surface area contributed by atoms with Crippen molar-refractivity contribution in [3.05, 3.63) is 82.2 Å². The van der Waals surface area contributed by atoms with E-state index < -0.39 is 0 Å². The normalized spacial score (nSPS) is 13.7. The number of hydrogen-bond donors (Lipinski definition) is 0. The van der Waals surface area contributed by atoms with Gasteiger partial charge in [-0.3, -0.25) is 4.98 Å². The zero-order valence-electron chi connectivity index (χ0n) is 16.4. The molecule has 0 spiro atoms. The summed E-state index contributed by atoms with van der Waals surface area (Å²) in [6.45, 7) is 5.72. The molecule has 0 fully saturated rings. The quantitative estimate of drug-likeness (QED) is 0.538. The summed E-state index contributed by atoms with van der Waals surface area (Å²) in [5.41, 5.74) is 6.98. The van der Waals surface area contributed by atoms with E-state index in [1.54, 1.807) is 16.9 Å². The van der Waals surface area contributed by atoms with Crippen LogP contribution in [0.15, 0.2) is 42.9 Å². The number of anilines is 1. The third kappa shape index (κ3) is 3.12. The SMILES string of the molecule is Cc1c(N2CCc3ncc(Cc4ccccc4F)cc3C2)nn2cnnc2c1C. The van der Waals surface area contributed by atoms with Crippen LogP contribution in [0, 0.1) is 19.7 Å². The zero-order valence-corrected chi connectivity index (χ0v) is 16.4. The molecule has 3 aromatic heterocycles. The van der Waals surface area contributed by atoms with Crippen molar-refractivity contribution in [1.29, 1.82) is 0 Å². The predicted octanol–water partition coefficient (Wildman–Crippen LogP) is 3.43. The van der Waals surface area contributed by atoms with Crippen LogP contribution in [0.1, 0.15) is 33.5 Å². The Kier molecular flexibility index (Phi) is 4.23. The number of nitrogens with zero attached hydrogens (tertiary/aromatic N) is 6. The van der Waals surface area contributed by atoms with E-state index in [9.17, 15) is 4.39 Å². The van der Waals surface area contributed by atoms with Crippen molar-refractivity contribution >= 4 is 11.5 Å². The lowest BCUT2D eigenvalue weighted by Gasteiger charge is -2.30. The lowest BCUT2D eigenvalue weighted by Crippen LogP contribution is -2.33. The second kappa shape index (κ2) is 6.92. The molecule has 1 aliphatic heterocycles. The summed E-state index contributed by atoms with van der Waals surface area (Å²) < 4.78 is 15.8. The summed E-state index contributed by atoms with van der Waals surface area (Å²) in [6.07, 6.45) is 4.90. The van der Waals surface area contributed by atoms with Gasteiger partial charge in [0.25, 0.3) is 0 Å². The van der Waals surface area contributed by atoms with Crippen LogP contribution in [0.2, 0.25) is 0 Å². The predicted molar refractivity (Wildman–Crippen MR) is 108 cm³/mol. The first-order valence-electron chi connectivity index (χ1n) is 9.72. The van der Waals surface area contributed by atoms with Crippen LogP contribution < -0.4 is 4.90 Å². The average Bonchev–Trinajstić information content (AvgIpc) is 3.21. The molecular weight excluding hydrogens is 367 g/mol. The summed E-state index contributed by atoms with van der Waals surface area (Å²) in [4.78, 5) is 6.94. The molecule has 0 atom stereocenters. The summed E-state index contributed by atoms with van der Waals surface area (Å²) in [5, 5.41) is 12.9. The monoisotopic (exact) mass is 388 g/mol. The van der Waals surface area contributed by atoms with Gasteiger partial charge in [-0.05, 0) is 36.6 Å². The fourth-order valence-electron chi connectivity index (χ4n) is 3.98. The fourth-order valence-corrected chi connectivity index (χ4v) is 3.98. The minimum Gasteiger partial charge on any atom is -0.350 e. The van der Waals surface area contributed by atoms with Gasteiger partial charge in [0.2, 0.25) is 0 Å². The van der Waals surface area contributed by atoms with Crippen molar-refractivity contribution in [3.8, 4) is 0 Å². The Balaban J connectivity index is 1.46. The number of fused-ring (bicyclic) bond motifs is 2. The van der Waals surface area contributed by atoms with Crippen LogP contribution in [0.3, 0.4) is 0 Å². The van der Waals surface area contributed by atoms with Crippen molar-refractivity contribution in [2.75, 3.05) is 11.4 Å². The van der Waals surface area contributed by atoms with Gasteiger partial charge in [-0.15, -0.1) is 15.3 Å². The van der Waals surface area contributed by atoms with Gasteiger partial charge >= 0.3 is 0 Å². The summed E-state index contributed by atoms with van der Waals surface area (Å²) >= 11 is 0. The Bertz CT molecular complexity index is 1220. The maximum atomic E-state index is 14.0. The first-order valence-corrected chi connectivity index (χ1v) is 9.72. The second-order valence-electron chi connectivity index (χ2n) is 7.56. The fraction of sp³-hybridized carbons (Fsp3) is 0.273. The Morgan fingerprint density at radius 1 is 1.14 bits per heavy atom. The minimum absolute atomic E-state index is 0.176. The number of benzene rings is 1. The van der Waals surface area contributed by atoms with E-state index in [2.05, 4.69) is 40.0 Å². The highest BCUT2D eigenvalue weighted by molar-refractivity contribution is 5.59. The Morgan fingerprint density at radius 3 is 2.86 bits per heavy atom. The highest BCUT2D eigenvalue weighted by atomic mass is 19.1. The molecule has 0 radical (unpaired) electrons. The topological polar surface area (TPSA) is 59.2 Å². The summed E-state index contributed by atoms with van der Waals surface area (Å²) in [6, 6.07) is 9.06. The molecule has 29 heavy (non-hydrogen) atoms. The van der Waals surface area contributed by atoms with E-state index >= 15 is 0 Å². The van der Waals surface area contributed by atoms with Gasteiger partial charge in [0.15, 0.2) is 11.5 Å². The van der Waals surface area contributed by atoms with E-state index in [-0.39, 0.29) is 5.82 Å². The Morgan fingerprint density at radius 2 is 2.00 bits per heavy atom. The highest BCUT2D eigenvalue weighted by Crippen LogP contribution is 2.28. The molecule has 7 heteroatoms. The van der Waals surface area contributed by atoms with Crippen LogP contribution in [0.25, 0.3) is 5.65 Å². The Hall–Kier alpha value is -3.35. The van der Waals surface area contributed by atoms with Crippen molar-refractivity contribution in [3.63, 3.8) is 0 Å². The molecule has 4 heterocycles. The maximum absolute atomic E-state index is 14.0. The molecule has 0 saturated carbocycles. The maximum Gasteiger partial charge on any atom is 0.180 e. The molecule has 0 aliphatic carbocycles. The number of aromatic nitrogens is 5.